The van der Waals surface area contributed by atoms with Crippen LogP contribution in [0.5, 0.6) is 0 Å². The zero-order valence-corrected chi connectivity index (χ0v) is 26.2. The van der Waals surface area contributed by atoms with Crippen molar-refractivity contribution in [3.63, 3.8) is 0 Å². The molecule has 0 radical (unpaired) electrons. The molecule has 2 rings (SSSR count). The van der Waals surface area contributed by atoms with Gasteiger partial charge in [-0.1, -0.05) is 115 Å². The summed E-state index contributed by atoms with van der Waals surface area (Å²) >= 11 is 0. The third kappa shape index (κ3) is 13.7. The predicted molar refractivity (Wildman–Crippen MR) is 165 cm³/mol. The van der Waals surface area contributed by atoms with Gasteiger partial charge in [0.15, 0.2) is 5.92 Å². The molecule has 230 valence electrons. The highest BCUT2D eigenvalue weighted by Gasteiger charge is 2.31. The van der Waals surface area contributed by atoms with E-state index in [1.165, 1.54) is 24.8 Å². The highest BCUT2D eigenvalue weighted by molar-refractivity contribution is 5.94. The molecule has 1 aromatic carbocycles. The second-order valence-corrected chi connectivity index (χ2v) is 11.6. The Labute approximate surface area is 248 Å². The molecule has 2 unspecified atom stereocenters. The Morgan fingerprint density at radius 1 is 0.805 bits per heavy atom. The maximum Gasteiger partial charge on any atom is 0.320 e. The number of aromatic amines is 1. The Balaban J connectivity index is 1.92. The summed E-state index contributed by atoms with van der Waals surface area (Å²) in [5, 5.41) is 11.7. The summed E-state index contributed by atoms with van der Waals surface area (Å²) in [5.41, 5.74) is 3.62. The summed E-state index contributed by atoms with van der Waals surface area (Å²) in [5.74, 6) is -1.10. The lowest BCUT2D eigenvalue weighted by Crippen LogP contribution is -2.30. The van der Waals surface area contributed by atoms with Crippen molar-refractivity contribution in [2.75, 3.05) is 13.2 Å². The summed E-state index contributed by atoms with van der Waals surface area (Å²) in [6.07, 6.45) is 14.9. The van der Waals surface area contributed by atoms with Crippen molar-refractivity contribution < 1.29 is 19.1 Å². The van der Waals surface area contributed by atoms with Crippen molar-refractivity contribution in [1.29, 1.82) is 0 Å². The van der Waals surface area contributed by atoms with Gasteiger partial charge < -0.3 is 9.47 Å². The van der Waals surface area contributed by atoms with E-state index >= 15 is 0 Å². The van der Waals surface area contributed by atoms with E-state index in [4.69, 9.17) is 9.47 Å². The summed E-state index contributed by atoms with van der Waals surface area (Å²) in [6.45, 7) is 9.17. The van der Waals surface area contributed by atoms with Gasteiger partial charge >= 0.3 is 11.9 Å². The average molecular weight is 570 g/mol. The molecule has 1 heterocycles. The van der Waals surface area contributed by atoms with E-state index in [2.05, 4.69) is 59.6 Å². The first-order valence-corrected chi connectivity index (χ1v) is 16.3. The van der Waals surface area contributed by atoms with Gasteiger partial charge in [-0.25, -0.2) is 0 Å². The zero-order valence-electron chi connectivity index (χ0n) is 26.2. The number of aromatic nitrogens is 3. The van der Waals surface area contributed by atoms with E-state index in [1.807, 2.05) is 13.8 Å². The van der Waals surface area contributed by atoms with Crippen molar-refractivity contribution in [3.8, 4) is 0 Å². The van der Waals surface area contributed by atoms with Crippen LogP contribution in [0.15, 0.2) is 30.3 Å². The van der Waals surface area contributed by atoms with Crippen molar-refractivity contribution in [2.45, 2.75) is 130 Å². The number of unbranched alkanes of at least 4 members (excludes halogenated alkanes) is 6. The molecule has 0 saturated heterocycles. The van der Waals surface area contributed by atoms with Gasteiger partial charge in [0.25, 0.3) is 0 Å². The summed E-state index contributed by atoms with van der Waals surface area (Å²) in [7, 11) is 0. The summed E-state index contributed by atoms with van der Waals surface area (Å²) in [6, 6.07) is 10.7. The highest BCUT2D eigenvalue weighted by atomic mass is 16.6. The maximum atomic E-state index is 12.7. The molecule has 7 nitrogen and oxygen atoms in total. The number of carbonyl (C=O) groups is 2. The molecule has 7 heteroatoms. The van der Waals surface area contributed by atoms with Gasteiger partial charge in [-0.3, -0.25) is 14.7 Å². The van der Waals surface area contributed by atoms with Crippen LogP contribution in [0.1, 0.15) is 134 Å². The van der Waals surface area contributed by atoms with Gasteiger partial charge in [0.05, 0.1) is 24.6 Å². The van der Waals surface area contributed by atoms with Crippen LogP contribution < -0.4 is 0 Å². The molecule has 1 N–H and O–H groups in total. The summed E-state index contributed by atoms with van der Waals surface area (Å²) in [4.78, 5) is 25.5. The Kier molecular flexibility index (Phi) is 17.7. The van der Waals surface area contributed by atoms with Crippen LogP contribution in [0.25, 0.3) is 0 Å². The van der Waals surface area contributed by atoms with Gasteiger partial charge in [0.2, 0.25) is 0 Å². The number of nitrogens with zero attached hydrogens (tertiary/aromatic N) is 2. The topological polar surface area (TPSA) is 94.2 Å². The van der Waals surface area contributed by atoms with E-state index in [1.54, 1.807) is 0 Å². The number of hydrogen-bond acceptors (Lipinski definition) is 6. The van der Waals surface area contributed by atoms with E-state index in [-0.39, 0.29) is 5.92 Å². The number of esters is 2. The van der Waals surface area contributed by atoms with Crippen LogP contribution in [-0.2, 0) is 31.9 Å². The van der Waals surface area contributed by atoms with Crippen LogP contribution in [0.4, 0.5) is 0 Å². The molecule has 0 saturated carbocycles. The molecule has 0 spiro atoms. The molecule has 1 aromatic heterocycles. The Morgan fingerprint density at radius 2 is 1.44 bits per heavy atom. The van der Waals surface area contributed by atoms with Gasteiger partial charge in [-0.2, -0.15) is 0 Å². The molecule has 0 bridgehead atoms. The molecule has 0 amide bonds. The molecular weight excluding hydrogens is 514 g/mol. The van der Waals surface area contributed by atoms with Crippen molar-refractivity contribution in [3.05, 3.63) is 47.3 Å². The van der Waals surface area contributed by atoms with Gasteiger partial charge in [-0.15, -0.1) is 5.10 Å². The quantitative estimate of drug-likeness (QED) is 0.0824. The molecule has 2 aromatic rings. The lowest BCUT2D eigenvalue weighted by Gasteiger charge is -2.20. The van der Waals surface area contributed by atoms with Crippen LogP contribution in [0, 0.1) is 11.8 Å². The van der Waals surface area contributed by atoms with Gasteiger partial charge in [-0.05, 0) is 62.3 Å². The van der Waals surface area contributed by atoms with Crippen molar-refractivity contribution in [1.82, 2.24) is 15.4 Å². The van der Waals surface area contributed by atoms with Crippen LogP contribution >= 0.6 is 0 Å². The molecule has 0 aliphatic carbocycles. The minimum atomic E-state index is -0.834. The second kappa shape index (κ2) is 21.1. The normalized spacial score (nSPS) is 12.8. The standard InChI is InChI=1S/C34H55N3O4/c1-5-8-11-15-22-31-32(36-37-35-31)26-29(28-19-13-12-14-20-28)21-17-16-18-27(4)25-30(33(38)40-23-9-6-2)34(39)41-24-10-7-3/h12-14,19-20,27,29-30H,5-11,15-18,21-26H2,1-4H3,(H,35,36,37). The van der Waals surface area contributed by atoms with Crippen LogP contribution in [-0.4, -0.2) is 40.6 Å². The number of H-pyrrole nitrogens is 1. The minimum Gasteiger partial charge on any atom is -0.465 e. The fourth-order valence-electron chi connectivity index (χ4n) is 5.24. The smallest absolute Gasteiger partial charge is 0.320 e. The largest absolute Gasteiger partial charge is 0.465 e. The third-order valence-corrected chi connectivity index (χ3v) is 7.88. The number of ether oxygens (including phenoxy) is 2. The summed E-state index contributed by atoms with van der Waals surface area (Å²) < 4.78 is 10.8. The maximum absolute atomic E-state index is 12.7. The SMILES string of the molecule is CCCCCCc1nn[nH]c1CC(CCCCC(C)CC(C(=O)OCCCC)C(=O)OCCCC)c1ccccc1. The first-order valence-electron chi connectivity index (χ1n) is 16.3. The first kappa shape index (κ1) is 34.5. The molecule has 0 aliphatic rings. The number of aryl methyl sites for hydroxylation is 1. The molecule has 0 fully saturated rings. The number of nitrogens with one attached hydrogen (secondary N) is 1. The zero-order chi connectivity index (χ0) is 29.7. The predicted octanol–water partition coefficient (Wildman–Crippen LogP) is 8.14. The van der Waals surface area contributed by atoms with Crippen LogP contribution in [0.2, 0.25) is 0 Å². The number of rotatable bonds is 23. The number of benzene rings is 1. The van der Waals surface area contributed by atoms with Crippen LogP contribution in [0.3, 0.4) is 0 Å². The number of carbonyl (C=O) groups excluding carboxylic acids is 2. The van der Waals surface area contributed by atoms with Crippen molar-refractivity contribution in [2.24, 2.45) is 11.8 Å². The van der Waals surface area contributed by atoms with E-state index < -0.39 is 17.9 Å². The molecule has 41 heavy (non-hydrogen) atoms. The van der Waals surface area contributed by atoms with Gasteiger partial charge in [0, 0.05) is 0 Å². The Morgan fingerprint density at radius 3 is 2.07 bits per heavy atom. The Hall–Kier alpha value is -2.70. The Bertz CT molecular complexity index is 940. The average Bonchev–Trinajstić information content (AvgIpc) is 3.42. The van der Waals surface area contributed by atoms with Gasteiger partial charge in [0.1, 0.15) is 0 Å². The second-order valence-electron chi connectivity index (χ2n) is 11.6. The van der Waals surface area contributed by atoms with E-state index in [0.29, 0.717) is 25.6 Å². The molecule has 0 aliphatic heterocycles. The lowest BCUT2D eigenvalue weighted by atomic mass is 9.86. The molecular formula is C34H55N3O4. The highest BCUT2D eigenvalue weighted by Crippen LogP contribution is 2.29. The fourth-order valence-corrected chi connectivity index (χ4v) is 5.24. The minimum absolute atomic E-state index is 0.221. The lowest BCUT2D eigenvalue weighted by molar-refractivity contribution is -0.163. The third-order valence-electron chi connectivity index (χ3n) is 7.88. The number of hydrogen-bond donors (Lipinski definition) is 1. The monoisotopic (exact) mass is 569 g/mol. The first-order chi connectivity index (χ1) is 20.0. The van der Waals surface area contributed by atoms with Crippen molar-refractivity contribution >= 4 is 11.9 Å². The van der Waals surface area contributed by atoms with E-state index in [9.17, 15) is 9.59 Å². The molecule has 2 atom stereocenters. The van der Waals surface area contributed by atoms with E-state index in [0.717, 1.165) is 82.0 Å². The fraction of sp³-hybridized carbons (Fsp3) is 0.706.